The van der Waals surface area contributed by atoms with Crippen molar-refractivity contribution in [3.05, 3.63) is 11.6 Å². The number of nitrogens with zero attached hydrogens (tertiary/aromatic N) is 4. The monoisotopic (exact) mass is 692 g/mol. The van der Waals surface area contributed by atoms with Crippen molar-refractivity contribution in [3.8, 4) is 0 Å². The average Bonchev–Trinajstić information content (AvgIpc) is 3.48. The maximum absolute atomic E-state index is 12.1. The molecular formula is C22H39ClN6O13P2. The quantitative estimate of drug-likeness (QED) is 0.0449. The van der Waals surface area contributed by atoms with Crippen molar-refractivity contribution >= 4 is 43.7 Å². The van der Waals surface area contributed by atoms with Crippen molar-refractivity contribution in [1.82, 2.24) is 24.6 Å². The van der Waals surface area contributed by atoms with Crippen LogP contribution < -0.4 is 10.4 Å². The highest BCUT2D eigenvalue weighted by atomic mass is 35.5. The first-order valence-corrected chi connectivity index (χ1v) is 17.5. The molecule has 7 N–H and O–H groups in total. The summed E-state index contributed by atoms with van der Waals surface area (Å²) in [5, 5.41) is 26.1. The molecule has 44 heavy (non-hydrogen) atoms. The number of fused-ring (bicyclic) bond motifs is 1. The van der Waals surface area contributed by atoms with Gasteiger partial charge in [-0.1, -0.05) is 0 Å². The van der Waals surface area contributed by atoms with Crippen molar-refractivity contribution in [1.29, 1.82) is 0 Å². The van der Waals surface area contributed by atoms with Gasteiger partial charge < -0.3 is 58.6 Å². The van der Waals surface area contributed by atoms with Crippen LogP contribution in [-0.4, -0.2) is 148 Å². The summed E-state index contributed by atoms with van der Waals surface area (Å²) >= 11 is 6.12. The van der Waals surface area contributed by atoms with Crippen molar-refractivity contribution in [2.75, 3.05) is 90.9 Å². The van der Waals surface area contributed by atoms with Crippen LogP contribution in [0.1, 0.15) is 6.23 Å². The molecule has 0 aromatic carbocycles. The third-order valence-corrected chi connectivity index (χ3v) is 9.86. The third-order valence-electron chi connectivity index (χ3n) is 6.01. The fourth-order valence-electron chi connectivity index (χ4n) is 4.01. The third kappa shape index (κ3) is 12.1. The number of ether oxygens (including phenoxy) is 6. The van der Waals surface area contributed by atoms with E-state index in [1.165, 1.54) is 10.9 Å². The second-order valence-electron chi connectivity index (χ2n) is 9.45. The predicted octanol–water partition coefficient (Wildman–Crippen LogP) is -0.866. The van der Waals surface area contributed by atoms with Crippen LogP contribution in [0.3, 0.4) is 0 Å². The fraction of sp³-hybridized carbons (Fsp3) is 0.773. The fourth-order valence-corrected chi connectivity index (χ4v) is 7.03. The Balaban J connectivity index is 1.43. The summed E-state index contributed by atoms with van der Waals surface area (Å²) < 4.78 is 56.7. The van der Waals surface area contributed by atoms with Gasteiger partial charge in [0.1, 0.15) is 24.2 Å². The highest BCUT2D eigenvalue weighted by Gasteiger charge is 2.45. The number of rotatable bonds is 22. The number of anilines is 1. The van der Waals surface area contributed by atoms with E-state index in [2.05, 4.69) is 25.4 Å². The Morgan fingerprint density at radius 3 is 2.11 bits per heavy atom. The molecular weight excluding hydrogens is 654 g/mol. The molecule has 0 radical (unpaired) electrons. The van der Waals surface area contributed by atoms with Gasteiger partial charge in [0.2, 0.25) is 5.28 Å². The van der Waals surface area contributed by atoms with Gasteiger partial charge in [-0.05, 0) is 11.6 Å². The number of aliphatic hydroxyl groups excluding tert-OH is 2. The van der Waals surface area contributed by atoms with Crippen molar-refractivity contribution in [2.45, 2.75) is 24.5 Å². The van der Waals surface area contributed by atoms with Crippen LogP contribution >= 0.6 is 26.7 Å². The second kappa shape index (κ2) is 18.1. The lowest BCUT2D eigenvalue weighted by atomic mass is 10.1. The summed E-state index contributed by atoms with van der Waals surface area (Å²) in [6.07, 6.45) is -4.16. The summed E-state index contributed by atoms with van der Waals surface area (Å²) in [4.78, 5) is 40.3. The maximum atomic E-state index is 12.1. The van der Waals surface area contributed by atoms with Crippen molar-refractivity contribution in [2.24, 2.45) is 0 Å². The van der Waals surface area contributed by atoms with Gasteiger partial charge in [0.05, 0.1) is 65.8 Å². The molecule has 2 aromatic rings. The molecule has 0 aliphatic carbocycles. The van der Waals surface area contributed by atoms with E-state index in [0.717, 1.165) is 0 Å². The van der Waals surface area contributed by atoms with Crippen LogP contribution in [0.2, 0.25) is 5.28 Å². The first kappa shape index (κ1) is 37.1. The molecule has 1 fully saturated rings. The summed E-state index contributed by atoms with van der Waals surface area (Å²) in [6, 6.07) is 0. The number of nitrogens with one attached hydrogen (secondary N) is 2. The topological polar surface area (TPSA) is 258 Å². The molecule has 3 heterocycles. The molecule has 1 saturated heterocycles. The molecule has 5 unspecified atom stereocenters. The standard InChI is InChI=1S/C22H39ClN6O13P2/c1-37-4-5-39-8-9-41-11-10-40-7-6-38-3-2-24-19-16-20(28-22(23)27-19)29(13-25-16)21-18(31)17(30)15(42-21)12-26-43(32,33)14-44(34,35)36/h13,15,17-18,21,30-31H,2-12,14H2,1H3,(H,24,27,28)(H2,26,32,33)(H2,34,35,36). The van der Waals surface area contributed by atoms with Gasteiger partial charge in [-0.2, -0.15) is 9.97 Å². The molecule has 0 saturated carbocycles. The van der Waals surface area contributed by atoms with E-state index in [9.17, 15) is 24.2 Å². The molecule has 1 aliphatic rings. The minimum absolute atomic E-state index is 0.135. The molecule has 0 spiro atoms. The Morgan fingerprint density at radius 1 is 0.932 bits per heavy atom. The van der Waals surface area contributed by atoms with Gasteiger partial charge in [-0.15, -0.1) is 0 Å². The zero-order valence-electron chi connectivity index (χ0n) is 23.9. The lowest BCUT2D eigenvalue weighted by molar-refractivity contribution is -0.0331. The number of aromatic nitrogens is 4. The van der Waals surface area contributed by atoms with Crippen molar-refractivity contribution < 1.29 is 62.4 Å². The number of imidazole rings is 1. The summed E-state index contributed by atoms with van der Waals surface area (Å²) in [7, 11) is -7.63. The number of hydrogen-bond donors (Lipinski definition) is 7. The molecule has 0 bridgehead atoms. The average molecular weight is 693 g/mol. The minimum atomic E-state index is -4.79. The number of hydrogen-bond acceptors (Lipinski definition) is 14. The van der Waals surface area contributed by atoms with Gasteiger partial charge >= 0.3 is 7.60 Å². The van der Waals surface area contributed by atoms with E-state index in [4.69, 9.17) is 49.8 Å². The number of aliphatic hydroxyl groups is 2. The Bertz CT molecular complexity index is 1260. The van der Waals surface area contributed by atoms with Crippen molar-refractivity contribution in [3.63, 3.8) is 0 Å². The SMILES string of the molecule is COCCOCCOCCOCCOCCNc1nc(Cl)nc2c1ncn2C1OC(CNP(=O)(O)CP(=O)(O)O)C(O)C1O. The molecule has 3 rings (SSSR count). The van der Waals surface area contributed by atoms with Crippen LogP contribution in [0, 0.1) is 0 Å². The smallest absolute Gasteiger partial charge is 0.336 e. The lowest BCUT2D eigenvalue weighted by Gasteiger charge is -2.19. The van der Waals surface area contributed by atoms with E-state index in [1.807, 2.05) is 0 Å². The first-order chi connectivity index (χ1) is 20.9. The molecule has 22 heteroatoms. The Kier molecular flexibility index (Phi) is 15.2. The molecule has 0 amide bonds. The zero-order valence-corrected chi connectivity index (χ0v) is 26.5. The highest BCUT2D eigenvalue weighted by molar-refractivity contribution is 7.71. The van der Waals surface area contributed by atoms with E-state index < -0.39 is 52.1 Å². The Labute approximate surface area is 257 Å². The summed E-state index contributed by atoms with van der Waals surface area (Å²) in [6.45, 7) is 3.80. The normalized spacial score (nSPS) is 22.1. The molecule has 252 valence electrons. The largest absolute Gasteiger partial charge is 0.387 e. The van der Waals surface area contributed by atoms with Gasteiger partial charge in [0.25, 0.3) is 7.52 Å². The van der Waals surface area contributed by atoms with Crippen LogP contribution in [-0.2, 0) is 37.6 Å². The Morgan fingerprint density at radius 2 is 1.52 bits per heavy atom. The van der Waals surface area contributed by atoms with E-state index >= 15 is 0 Å². The van der Waals surface area contributed by atoms with Gasteiger partial charge in [0, 0.05) is 20.2 Å². The van der Waals surface area contributed by atoms with Gasteiger partial charge in [-0.25, -0.2) is 10.1 Å². The lowest BCUT2D eigenvalue weighted by Crippen LogP contribution is -2.37. The van der Waals surface area contributed by atoms with E-state index in [0.29, 0.717) is 66.0 Å². The van der Waals surface area contributed by atoms with E-state index in [-0.39, 0.29) is 22.3 Å². The van der Waals surface area contributed by atoms with Crippen LogP contribution in [0.15, 0.2) is 6.33 Å². The van der Waals surface area contributed by atoms with Crippen LogP contribution in [0.4, 0.5) is 5.82 Å². The molecule has 2 aromatic heterocycles. The summed E-state index contributed by atoms with van der Waals surface area (Å²) in [5.74, 6) is -1.01. The first-order valence-electron chi connectivity index (χ1n) is 13.5. The van der Waals surface area contributed by atoms with Gasteiger partial charge in [-0.3, -0.25) is 13.7 Å². The molecule has 5 atom stereocenters. The maximum Gasteiger partial charge on any atom is 0.336 e. The number of halogens is 1. The predicted molar refractivity (Wildman–Crippen MR) is 155 cm³/mol. The van der Waals surface area contributed by atoms with Crippen LogP contribution in [0.5, 0.6) is 0 Å². The van der Waals surface area contributed by atoms with Crippen LogP contribution in [0.25, 0.3) is 11.2 Å². The second-order valence-corrected chi connectivity index (χ2v) is 14.0. The molecule has 1 aliphatic heterocycles. The Hall–Kier alpha value is -1.38. The molecule has 19 nitrogen and oxygen atoms in total. The highest BCUT2D eigenvalue weighted by Crippen LogP contribution is 2.52. The number of methoxy groups -OCH3 is 1. The summed E-state index contributed by atoms with van der Waals surface area (Å²) in [5.41, 5.74) is 0.458. The van der Waals surface area contributed by atoms with Gasteiger partial charge in [0.15, 0.2) is 23.2 Å². The minimum Gasteiger partial charge on any atom is -0.387 e. The van der Waals surface area contributed by atoms with E-state index in [1.54, 1.807) is 7.11 Å². The zero-order chi connectivity index (χ0) is 32.2.